The summed E-state index contributed by atoms with van der Waals surface area (Å²) in [5.41, 5.74) is 3.50. The lowest BCUT2D eigenvalue weighted by molar-refractivity contribution is -0.122. The highest BCUT2D eigenvalue weighted by atomic mass is 35.5. The van der Waals surface area contributed by atoms with Crippen LogP contribution in [0.25, 0.3) is 0 Å². The van der Waals surface area contributed by atoms with Crippen LogP contribution in [0.5, 0.6) is 0 Å². The molecule has 110 valence electrons. The van der Waals surface area contributed by atoms with Crippen molar-refractivity contribution in [3.63, 3.8) is 0 Å². The molecule has 5 heteroatoms. The van der Waals surface area contributed by atoms with Crippen LogP contribution in [0.15, 0.2) is 36.0 Å². The standard InChI is InChI=1S/C16H14ClF2NO/c17-13-3-1-2-12(10-13)4-5-14-11-15(21-20-14)6-8-16(18,19)9-7-15/h1-3,10-11,20H,6-9H2. The van der Waals surface area contributed by atoms with Crippen molar-refractivity contribution < 1.29 is 13.6 Å². The van der Waals surface area contributed by atoms with Gasteiger partial charge in [0.1, 0.15) is 11.3 Å². The van der Waals surface area contributed by atoms with E-state index < -0.39 is 11.5 Å². The van der Waals surface area contributed by atoms with Gasteiger partial charge in [-0.05, 0) is 43.0 Å². The van der Waals surface area contributed by atoms with Crippen molar-refractivity contribution in [3.05, 3.63) is 46.6 Å². The normalized spacial score (nSPS) is 22.1. The minimum absolute atomic E-state index is 0.153. The monoisotopic (exact) mass is 309 g/mol. The minimum Gasteiger partial charge on any atom is -0.265 e. The molecule has 1 aliphatic heterocycles. The number of allylic oxidation sites excluding steroid dienone is 1. The van der Waals surface area contributed by atoms with Crippen LogP contribution >= 0.6 is 11.6 Å². The van der Waals surface area contributed by atoms with Crippen molar-refractivity contribution in [2.75, 3.05) is 0 Å². The maximum atomic E-state index is 13.2. The van der Waals surface area contributed by atoms with Gasteiger partial charge >= 0.3 is 0 Å². The van der Waals surface area contributed by atoms with E-state index in [1.807, 2.05) is 18.2 Å². The second kappa shape index (κ2) is 5.32. The van der Waals surface area contributed by atoms with E-state index in [1.54, 1.807) is 12.1 Å². The molecule has 0 aromatic heterocycles. The first-order chi connectivity index (χ1) is 9.96. The van der Waals surface area contributed by atoms with Gasteiger partial charge in [-0.2, -0.15) is 0 Å². The summed E-state index contributed by atoms with van der Waals surface area (Å²) in [6.07, 6.45) is 2.12. The van der Waals surface area contributed by atoms with Crippen LogP contribution in [0.3, 0.4) is 0 Å². The molecule has 21 heavy (non-hydrogen) atoms. The minimum atomic E-state index is -2.57. The number of nitrogens with one attached hydrogen (secondary N) is 1. The molecule has 0 amide bonds. The van der Waals surface area contributed by atoms with Crippen molar-refractivity contribution >= 4 is 11.6 Å². The Kier molecular flexibility index (Phi) is 3.64. The molecule has 1 fully saturated rings. The average molecular weight is 310 g/mol. The maximum absolute atomic E-state index is 13.2. The van der Waals surface area contributed by atoms with Crippen molar-refractivity contribution in [2.45, 2.75) is 37.2 Å². The number of hydrogen-bond donors (Lipinski definition) is 1. The summed E-state index contributed by atoms with van der Waals surface area (Å²) in [6, 6.07) is 7.22. The second-order valence-electron chi connectivity index (χ2n) is 5.44. The number of halogens is 3. The predicted octanol–water partition coefficient (Wildman–Crippen LogP) is 4.06. The third-order valence-electron chi connectivity index (χ3n) is 3.77. The molecule has 1 aliphatic carbocycles. The van der Waals surface area contributed by atoms with E-state index in [9.17, 15) is 8.78 Å². The van der Waals surface area contributed by atoms with Gasteiger partial charge in [0.25, 0.3) is 0 Å². The Morgan fingerprint density at radius 3 is 2.62 bits per heavy atom. The fraction of sp³-hybridized carbons (Fsp3) is 0.375. The lowest BCUT2D eigenvalue weighted by Crippen LogP contribution is -2.38. The molecular formula is C16H14ClF2NO. The topological polar surface area (TPSA) is 21.3 Å². The van der Waals surface area contributed by atoms with E-state index in [0.29, 0.717) is 23.6 Å². The second-order valence-corrected chi connectivity index (χ2v) is 5.88. The number of hydrogen-bond acceptors (Lipinski definition) is 2. The molecule has 0 unspecified atom stereocenters. The lowest BCUT2D eigenvalue weighted by Gasteiger charge is -2.33. The van der Waals surface area contributed by atoms with Crippen LogP contribution in [-0.2, 0) is 4.84 Å². The Balaban J connectivity index is 1.73. The predicted molar refractivity (Wildman–Crippen MR) is 76.8 cm³/mol. The average Bonchev–Trinajstić information content (AvgIpc) is 2.85. The summed E-state index contributed by atoms with van der Waals surface area (Å²) in [6.45, 7) is 0. The quantitative estimate of drug-likeness (QED) is 0.730. The van der Waals surface area contributed by atoms with Gasteiger partial charge in [0.15, 0.2) is 0 Å². The third kappa shape index (κ3) is 3.37. The number of benzene rings is 1. The zero-order valence-corrected chi connectivity index (χ0v) is 12.0. The van der Waals surface area contributed by atoms with Gasteiger partial charge in [0.05, 0.1) is 0 Å². The van der Waals surface area contributed by atoms with Gasteiger partial charge in [-0.1, -0.05) is 23.6 Å². The van der Waals surface area contributed by atoms with Crippen molar-refractivity contribution in [2.24, 2.45) is 0 Å². The molecule has 1 aromatic rings. The molecule has 1 N–H and O–H groups in total. The van der Waals surface area contributed by atoms with Crippen LogP contribution in [0, 0.1) is 11.8 Å². The van der Waals surface area contributed by atoms with Crippen LogP contribution < -0.4 is 5.48 Å². The van der Waals surface area contributed by atoms with Gasteiger partial charge in [0.2, 0.25) is 5.92 Å². The van der Waals surface area contributed by atoms with E-state index in [2.05, 4.69) is 17.3 Å². The zero-order chi connectivity index (χ0) is 14.9. The largest absolute Gasteiger partial charge is 0.265 e. The molecule has 1 aromatic carbocycles. The molecule has 2 aliphatic rings. The van der Waals surface area contributed by atoms with Gasteiger partial charge in [-0.25, -0.2) is 8.78 Å². The van der Waals surface area contributed by atoms with Crippen molar-refractivity contribution in [1.29, 1.82) is 0 Å². The SMILES string of the molecule is FC1(F)CCC2(C=C(C#Cc3cccc(Cl)c3)NO2)CC1. The van der Waals surface area contributed by atoms with Crippen LogP contribution in [-0.4, -0.2) is 11.5 Å². The van der Waals surface area contributed by atoms with Crippen molar-refractivity contribution in [3.8, 4) is 11.8 Å². The Morgan fingerprint density at radius 2 is 1.90 bits per heavy atom. The molecular weight excluding hydrogens is 296 g/mol. The van der Waals surface area contributed by atoms with Crippen molar-refractivity contribution in [1.82, 2.24) is 5.48 Å². The van der Waals surface area contributed by atoms with E-state index in [-0.39, 0.29) is 12.8 Å². The summed E-state index contributed by atoms with van der Waals surface area (Å²) >= 11 is 5.89. The Bertz CT molecular complexity index is 635. The third-order valence-corrected chi connectivity index (χ3v) is 4.00. The van der Waals surface area contributed by atoms with Crippen LogP contribution in [0.1, 0.15) is 31.2 Å². The van der Waals surface area contributed by atoms with Crippen LogP contribution in [0.4, 0.5) is 8.78 Å². The number of alkyl halides is 2. The highest BCUT2D eigenvalue weighted by Crippen LogP contribution is 2.42. The fourth-order valence-corrected chi connectivity index (χ4v) is 2.72. The van der Waals surface area contributed by atoms with E-state index in [1.165, 1.54) is 0 Å². The molecule has 0 atom stereocenters. The van der Waals surface area contributed by atoms with Gasteiger partial charge < -0.3 is 0 Å². The number of hydroxylamine groups is 1. The summed E-state index contributed by atoms with van der Waals surface area (Å²) < 4.78 is 26.4. The summed E-state index contributed by atoms with van der Waals surface area (Å²) in [4.78, 5) is 5.50. The highest BCUT2D eigenvalue weighted by molar-refractivity contribution is 6.30. The van der Waals surface area contributed by atoms with E-state index in [0.717, 1.165) is 5.56 Å². The first-order valence-corrected chi connectivity index (χ1v) is 7.17. The number of rotatable bonds is 0. The molecule has 0 bridgehead atoms. The smallest absolute Gasteiger partial charge is 0.248 e. The van der Waals surface area contributed by atoms with E-state index in [4.69, 9.17) is 16.4 Å². The van der Waals surface area contributed by atoms with Gasteiger partial charge in [-0.3, -0.25) is 10.3 Å². The molecule has 3 rings (SSSR count). The molecule has 2 nitrogen and oxygen atoms in total. The Labute approximate surface area is 127 Å². The maximum Gasteiger partial charge on any atom is 0.248 e. The highest BCUT2D eigenvalue weighted by Gasteiger charge is 2.45. The van der Waals surface area contributed by atoms with Gasteiger partial charge in [-0.15, -0.1) is 0 Å². The Hall–Kier alpha value is -1.57. The summed E-state index contributed by atoms with van der Waals surface area (Å²) in [5.74, 6) is 3.35. The first kappa shape index (κ1) is 14.4. The summed E-state index contributed by atoms with van der Waals surface area (Å²) in [7, 11) is 0. The fourth-order valence-electron chi connectivity index (χ4n) is 2.53. The first-order valence-electron chi connectivity index (χ1n) is 6.79. The Morgan fingerprint density at radius 1 is 1.14 bits per heavy atom. The molecule has 0 radical (unpaired) electrons. The van der Waals surface area contributed by atoms with Crippen LogP contribution in [0.2, 0.25) is 5.02 Å². The van der Waals surface area contributed by atoms with Gasteiger partial charge in [0, 0.05) is 23.4 Å². The molecule has 1 spiro atoms. The summed E-state index contributed by atoms with van der Waals surface area (Å²) in [5, 5.41) is 0.623. The molecule has 1 saturated carbocycles. The van der Waals surface area contributed by atoms with E-state index >= 15 is 0 Å². The molecule has 1 heterocycles. The molecule has 0 saturated heterocycles. The lowest BCUT2D eigenvalue weighted by atomic mass is 9.82. The zero-order valence-electron chi connectivity index (χ0n) is 11.3.